The third kappa shape index (κ3) is 5.21. The molecule has 1 saturated heterocycles. The molecule has 0 bridgehead atoms. The van der Waals surface area contributed by atoms with Crippen LogP contribution < -0.4 is 9.21 Å². The minimum absolute atomic E-state index is 0.141. The molecule has 6 nitrogen and oxygen atoms in total. The van der Waals surface area contributed by atoms with Crippen LogP contribution >= 0.6 is 0 Å². The van der Waals surface area contributed by atoms with E-state index in [1.54, 1.807) is 17.9 Å². The van der Waals surface area contributed by atoms with Crippen molar-refractivity contribution < 1.29 is 18.1 Å². The minimum Gasteiger partial charge on any atom is -0.330 e. The fourth-order valence-electron chi connectivity index (χ4n) is 4.03. The van der Waals surface area contributed by atoms with Crippen LogP contribution in [0, 0.1) is 13.8 Å². The van der Waals surface area contributed by atoms with Crippen molar-refractivity contribution in [2.75, 3.05) is 36.7 Å². The average molecular weight is 431 g/mol. The van der Waals surface area contributed by atoms with Crippen molar-refractivity contribution in [1.29, 1.82) is 0 Å². The van der Waals surface area contributed by atoms with Gasteiger partial charge in [0.2, 0.25) is 15.9 Å². The summed E-state index contributed by atoms with van der Waals surface area (Å²) in [6.07, 6.45) is 1.16. The van der Waals surface area contributed by atoms with Crippen LogP contribution in [0.2, 0.25) is 0 Å². The zero-order valence-electron chi connectivity index (χ0n) is 18.3. The standard InChI is InChI=1S/C23H31N3O3S/c1-18-10-11-22(16-19(18)2)26(30(4,28)29)20(3)23(27)25-14-12-24(13-15-25)17-21-8-6-5-7-9-21/h5-11,16,20H,12-15,17H2,1-4H3/p+1/t20-/m0/s1. The van der Waals surface area contributed by atoms with E-state index in [4.69, 9.17) is 0 Å². The molecule has 1 fully saturated rings. The first-order valence-electron chi connectivity index (χ1n) is 10.4. The van der Waals surface area contributed by atoms with Crippen molar-refractivity contribution in [2.45, 2.75) is 33.4 Å². The Morgan fingerprint density at radius 3 is 2.27 bits per heavy atom. The molecule has 0 unspecified atom stereocenters. The molecule has 162 valence electrons. The number of sulfonamides is 1. The molecular weight excluding hydrogens is 398 g/mol. The van der Waals surface area contributed by atoms with Crippen LogP contribution in [-0.4, -0.2) is 57.7 Å². The largest absolute Gasteiger partial charge is 0.330 e. The van der Waals surface area contributed by atoms with Crippen LogP contribution in [0.5, 0.6) is 0 Å². The molecule has 0 radical (unpaired) electrons. The average Bonchev–Trinajstić information content (AvgIpc) is 2.70. The highest BCUT2D eigenvalue weighted by Crippen LogP contribution is 2.24. The Labute approximate surface area is 180 Å². The highest BCUT2D eigenvalue weighted by Gasteiger charge is 2.34. The molecule has 0 spiro atoms. The second-order valence-corrected chi connectivity index (χ2v) is 10.1. The summed E-state index contributed by atoms with van der Waals surface area (Å²) in [5.41, 5.74) is 3.91. The maximum Gasteiger partial charge on any atom is 0.246 e. The van der Waals surface area contributed by atoms with E-state index in [1.807, 2.05) is 44.2 Å². The first-order chi connectivity index (χ1) is 14.2. The highest BCUT2D eigenvalue weighted by molar-refractivity contribution is 7.92. The van der Waals surface area contributed by atoms with E-state index in [0.29, 0.717) is 18.8 Å². The first-order valence-corrected chi connectivity index (χ1v) is 12.2. The van der Waals surface area contributed by atoms with E-state index >= 15 is 0 Å². The number of carbonyl (C=O) groups is 1. The van der Waals surface area contributed by atoms with Crippen molar-refractivity contribution >= 4 is 21.6 Å². The molecule has 0 aliphatic carbocycles. The highest BCUT2D eigenvalue weighted by atomic mass is 32.2. The predicted octanol–water partition coefficient (Wildman–Crippen LogP) is 1.39. The molecule has 0 saturated carbocycles. The van der Waals surface area contributed by atoms with Gasteiger partial charge in [0.1, 0.15) is 12.6 Å². The van der Waals surface area contributed by atoms with Gasteiger partial charge in [0.25, 0.3) is 0 Å². The molecule has 1 amide bonds. The Hall–Kier alpha value is -2.38. The Morgan fingerprint density at radius 2 is 1.70 bits per heavy atom. The molecule has 1 heterocycles. The summed E-state index contributed by atoms with van der Waals surface area (Å²) < 4.78 is 26.4. The predicted molar refractivity (Wildman–Crippen MR) is 120 cm³/mol. The number of piperazine rings is 1. The molecule has 1 N–H and O–H groups in total. The summed E-state index contributed by atoms with van der Waals surface area (Å²) in [6, 6.07) is 15.1. The molecule has 7 heteroatoms. The summed E-state index contributed by atoms with van der Waals surface area (Å²) in [4.78, 5) is 16.4. The normalized spacial score (nSPS) is 16.3. The van der Waals surface area contributed by atoms with E-state index in [2.05, 4.69) is 12.1 Å². The smallest absolute Gasteiger partial charge is 0.246 e. The zero-order valence-corrected chi connectivity index (χ0v) is 19.1. The maximum absolute atomic E-state index is 13.2. The number of anilines is 1. The van der Waals surface area contributed by atoms with Gasteiger partial charge in [0, 0.05) is 5.56 Å². The van der Waals surface area contributed by atoms with Gasteiger partial charge in [-0.3, -0.25) is 9.10 Å². The molecule has 1 aliphatic rings. The molecule has 1 atom stereocenters. The fourth-order valence-corrected chi connectivity index (χ4v) is 5.20. The monoisotopic (exact) mass is 430 g/mol. The van der Waals surface area contributed by atoms with E-state index in [-0.39, 0.29) is 5.91 Å². The lowest BCUT2D eigenvalue weighted by molar-refractivity contribution is -0.917. The van der Waals surface area contributed by atoms with Crippen LogP contribution in [0.4, 0.5) is 5.69 Å². The van der Waals surface area contributed by atoms with Gasteiger partial charge < -0.3 is 9.80 Å². The van der Waals surface area contributed by atoms with Gasteiger partial charge in [-0.05, 0) is 44.0 Å². The lowest BCUT2D eigenvalue weighted by atomic mass is 10.1. The molecular formula is C23H32N3O3S+. The summed E-state index contributed by atoms with van der Waals surface area (Å²) in [5, 5.41) is 0. The third-order valence-corrected chi connectivity index (χ3v) is 7.13. The van der Waals surface area contributed by atoms with Gasteiger partial charge in [-0.1, -0.05) is 36.4 Å². The summed E-state index contributed by atoms with van der Waals surface area (Å²) in [6.45, 7) is 9.53. The van der Waals surface area contributed by atoms with Crippen LogP contribution in [-0.2, 0) is 21.4 Å². The molecule has 2 aromatic carbocycles. The molecule has 2 aromatic rings. The Kier molecular flexibility index (Phi) is 6.83. The number of hydrogen-bond acceptors (Lipinski definition) is 3. The lowest BCUT2D eigenvalue weighted by Gasteiger charge is -2.36. The van der Waals surface area contributed by atoms with Gasteiger partial charge in [0.05, 0.1) is 38.1 Å². The number of rotatable bonds is 6. The van der Waals surface area contributed by atoms with Gasteiger partial charge in [0.15, 0.2) is 0 Å². The maximum atomic E-state index is 13.2. The van der Waals surface area contributed by atoms with Gasteiger partial charge >= 0.3 is 0 Å². The zero-order chi connectivity index (χ0) is 21.9. The number of amides is 1. The number of nitrogens with one attached hydrogen (secondary N) is 1. The number of carbonyl (C=O) groups excluding carboxylic acids is 1. The van der Waals surface area contributed by atoms with Gasteiger partial charge in [-0.2, -0.15) is 0 Å². The SMILES string of the molecule is Cc1ccc(N([C@@H](C)C(=O)N2CC[NH+](Cc3ccccc3)CC2)S(C)(=O)=O)cc1C. The van der Waals surface area contributed by atoms with Crippen molar-refractivity contribution in [3.63, 3.8) is 0 Å². The first kappa shape index (κ1) is 22.3. The number of quaternary nitrogens is 1. The molecule has 30 heavy (non-hydrogen) atoms. The Balaban J connectivity index is 1.69. The summed E-state index contributed by atoms with van der Waals surface area (Å²) in [7, 11) is -3.60. The van der Waals surface area contributed by atoms with Crippen LogP contribution in [0.15, 0.2) is 48.5 Å². The molecule has 3 rings (SSSR count). The second kappa shape index (κ2) is 9.18. The third-order valence-electron chi connectivity index (χ3n) is 5.89. The number of aryl methyl sites for hydroxylation is 2. The van der Waals surface area contributed by atoms with Crippen molar-refractivity contribution in [2.24, 2.45) is 0 Å². The Morgan fingerprint density at radius 1 is 1.07 bits per heavy atom. The van der Waals surface area contributed by atoms with E-state index in [1.165, 1.54) is 14.8 Å². The van der Waals surface area contributed by atoms with E-state index in [0.717, 1.165) is 37.0 Å². The fraction of sp³-hybridized carbons (Fsp3) is 0.435. The van der Waals surface area contributed by atoms with E-state index < -0.39 is 16.1 Å². The number of benzene rings is 2. The van der Waals surface area contributed by atoms with Gasteiger partial charge in [-0.15, -0.1) is 0 Å². The van der Waals surface area contributed by atoms with Crippen LogP contribution in [0.25, 0.3) is 0 Å². The summed E-state index contributed by atoms with van der Waals surface area (Å²) in [5.74, 6) is -0.141. The summed E-state index contributed by atoms with van der Waals surface area (Å²) >= 11 is 0. The van der Waals surface area contributed by atoms with Crippen molar-refractivity contribution in [3.8, 4) is 0 Å². The van der Waals surface area contributed by atoms with Crippen molar-refractivity contribution in [1.82, 2.24) is 4.90 Å². The van der Waals surface area contributed by atoms with Crippen molar-refractivity contribution in [3.05, 3.63) is 65.2 Å². The Bertz CT molecular complexity index is 984. The number of hydrogen-bond donors (Lipinski definition) is 1. The molecule has 1 aliphatic heterocycles. The topological polar surface area (TPSA) is 62.1 Å². The lowest BCUT2D eigenvalue weighted by Crippen LogP contribution is -3.13. The molecule has 0 aromatic heterocycles. The van der Waals surface area contributed by atoms with Crippen LogP contribution in [0.3, 0.4) is 0 Å². The van der Waals surface area contributed by atoms with Crippen LogP contribution in [0.1, 0.15) is 23.6 Å². The van der Waals surface area contributed by atoms with Gasteiger partial charge in [-0.25, -0.2) is 8.42 Å². The quantitative estimate of drug-likeness (QED) is 0.753. The number of nitrogens with zero attached hydrogens (tertiary/aromatic N) is 2. The second-order valence-electron chi connectivity index (χ2n) is 8.24. The van der Waals surface area contributed by atoms with E-state index in [9.17, 15) is 13.2 Å². The minimum atomic E-state index is -3.60.